The van der Waals surface area contributed by atoms with E-state index in [-0.39, 0.29) is 10.9 Å². The number of aromatic nitrogens is 3. The third kappa shape index (κ3) is 2.21. The fraction of sp³-hybridized carbons (Fsp3) is 0.333. The van der Waals surface area contributed by atoms with E-state index in [0.717, 1.165) is 5.56 Å². The van der Waals surface area contributed by atoms with Gasteiger partial charge in [0.05, 0.1) is 23.3 Å². The zero-order valence-corrected chi connectivity index (χ0v) is 12.3. The molecule has 0 saturated carbocycles. The summed E-state index contributed by atoms with van der Waals surface area (Å²) in [5.74, 6) is 0. The Morgan fingerprint density at radius 1 is 1.25 bits per heavy atom. The van der Waals surface area contributed by atoms with Gasteiger partial charge in [-0.25, -0.2) is 8.42 Å². The van der Waals surface area contributed by atoms with Crippen molar-refractivity contribution in [2.75, 3.05) is 13.1 Å². The van der Waals surface area contributed by atoms with Crippen LogP contribution in [0.15, 0.2) is 35.5 Å². The average molecular weight is 313 g/mol. The summed E-state index contributed by atoms with van der Waals surface area (Å²) in [5, 5.41) is 8.49. The van der Waals surface area contributed by atoms with Gasteiger partial charge in [-0.05, 0) is 24.6 Å². The molecule has 1 aromatic heterocycles. The Balaban J connectivity index is 1.79. The second-order valence-electron chi connectivity index (χ2n) is 4.74. The van der Waals surface area contributed by atoms with Crippen molar-refractivity contribution in [2.24, 2.45) is 0 Å². The summed E-state index contributed by atoms with van der Waals surface area (Å²) in [4.78, 5) is 1.76. The van der Waals surface area contributed by atoms with Crippen LogP contribution in [0.5, 0.6) is 0 Å². The molecule has 1 aromatic carbocycles. The van der Waals surface area contributed by atoms with Crippen molar-refractivity contribution in [2.45, 2.75) is 17.9 Å². The highest BCUT2D eigenvalue weighted by Gasteiger charge is 2.38. The first kappa shape index (κ1) is 13.5. The number of hydrogen-bond acceptors (Lipinski definition) is 4. The van der Waals surface area contributed by atoms with Crippen molar-refractivity contribution in [3.63, 3.8) is 0 Å². The Morgan fingerprint density at radius 2 is 1.90 bits per heavy atom. The minimum Gasteiger partial charge on any atom is -0.207 e. The Morgan fingerprint density at radius 3 is 2.50 bits per heavy atom. The molecule has 1 fully saturated rings. The summed E-state index contributed by atoms with van der Waals surface area (Å²) in [6, 6.07) is 4.78. The molecule has 0 aliphatic carbocycles. The van der Waals surface area contributed by atoms with Crippen LogP contribution >= 0.6 is 11.6 Å². The molecule has 106 valence electrons. The second kappa shape index (κ2) is 4.83. The zero-order chi connectivity index (χ0) is 14.3. The molecule has 0 spiro atoms. The molecule has 8 heteroatoms. The molecule has 3 rings (SSSR count). The van der Waals surface area contributed by atoms with E-state index in [9.17, 15) is 8.42 Å². The van der Waals surface area contributed by atoms with Gasteiger partial charge in [0.1, 0.15) is 0 Å². The SMILES string of the molecule is Cc1ccc(S(=O)(=O)N2CC(n3nccn3)C2)cc1Cl. The minimum atomic E-state index is -3.49. The molecule has 0 radical (unpaired) electrons. The van der Waals surface area contributed by atoms with Crippen molar-refractivity contribution in [3.8, 4) is 0 Å². The van der Waals surface area contributed by atoms with Crippen LogP contribution in [-0.4, -0.2) is 40.8 Å². The normalized spacial score (nSPS) is 17.1. The Bertz CT molecular complexity index is 724. The predicted molar refractivity (Wildman–Crippen MR) is 74.0 cm³/mol. The van der Waals surface area contributed by atoms with Gasteiger partial charge in [0.25, 0.3) is 0 Å². The standard InChI is InChI=1S/C12H13ClN4O2S/c1-9-2-3-11(6-12(9)13)20(18,19)16-7-10(8-16)17-14-4-5-15-17/h2-6,10H,7-8H2,1H3. The van der Waals surface area contributed by atoms with Crippen molar-refractivity contribution >= 4 is 21.6 Å². The van der Waals surface area contributed by atoms with Crippen LogP contribution in [0.25, 0.3) is 0 Å². The monoisotopic (exact) mass is 312 g/mol. The van der Waals surface area contributed by atoms with E-state index < -0.39 is 10.0 Å². The van der Waals surface area contributed by atoms with Crippen molar-refractivity contribution in [1.82, 2.24) is 19.3 Å². The average Bonchev–Trinajstić information content (AvgIpc) is 2.84. The van der Waals surface area contributed by atoms with E-state index in [1.54, 1.807) is 24.5 Å². The smallest absolute Gasteiger partial charge is 0.207 e. The number of halogens is 1. The summed E-state index contributed by atoms with van der Waals surface area (Å²) in [6.45, 7) is 2.59. The van der Waals surface area contributed by atoms with Crippen LogP contribution in [-0.2, 0) is 10.0 Å². The van der Waals surface area contributed by atoms with Crippen LogP contribution < -0.4 is 0 Å². The molecule has 2 aromatic rings. The summed E-state index contributed by atoms with van der Waals surface area (Å²) in [7, 11) is -3.49. The quantitative estimate of drug-likeness (QED) is 0.861. The maximum atomic E-state index is 12.4. The molecular formula is C12H13ClN4O2S. The molecule has 1 aliphatic rings. The van der Waals surface area contributed by atoms with Gasteiger partial charge >= 0.3 is 0 Å². The van der Waals surface area contributed by atoms with E-state index >= 15 is 0 Å². The maximum Gasteiger partial charge on any atom is 0.243 e. The fourth-order valence-corrected chi connectivity index (χ4v) is 3.84. The number of hydrogen-bond donors (Lipinski definition) is 0. The van der Waals surface area contributed by atoms with Crippen LogP contribution in [0.3, 0.4) is 0 Å². The van der Waals surface area contributed by atoms with Gasteiger partial charge in [-0.2, -0.15) is 19.3 Å². The summed E-state index contributed by atoms with van der Waals surface area (Å²) < 4.78 is 26.2. The number of nitrogens with zero attached hydrogens (tertiary/aromatic N) is 4. The van der Waals surface area contributed by atoms with Gasteiger partial charge < -0.3 is 0 Å². The Kier molecular flexibility index (Phi) is 3.27. The Labute approximate surface area is 122 Å². The predicted octanol–water partition coefficient (Wildman–Crippen LogP) is 1.49. The molecule has 0 unspecified atom stereocenters. The minimum absolute atomic E-state index is 0.000644. The van der Waals surface area contributed by atoms with E-state index in [1.807, 2.05) is 6.92 Å². The highest BCUT2D eigenvalue weighted by Crippen LogP contribution is 2.29. The largest absolute Gasteiger partial charge is 0.243 e. The van der Waals surface area contributed by atoms with Crippen LogP contribution in [0.1, 0.15) is 11.6 Å². The van der Waals surface area contributed by atoms with Gasteiger partial charge in [0, 0.05) is 18.1 Å². The molecule has 6 nitrogen and oxygen atoms in total. The highest BCUT2D eigenvalue weighted by atomic mass is 35.5. The summed E-state index contributed by atoms with van der Waals surface area (Å²) in [6.07, 6.45) is 3.16. The first-order chi connectivity index (χ1) is 9.48. The van der Waals surface area contributed by atoms with Crippen molar-refractivity contribution < 1.29 is 8.42 Å². The summed E-state index contributed by atoms with van der Waals surface area (Å²) in [5.41, 5.74) is 0.854. The molecule has 0 bridgehead atoms. The lowest BCUT2D eigenvalue weighted by atomic mass is 10.2. The van der Waals surface area contributed by atoms with E-state index in [0.29, 0.717) is 18.1 Å². The van der Waals surface area contributed by atoms with Crippen LogP contribution in [0.4, 0.5) is 0 Å². The number of benzene rings is 1. The highest BCUT2D eigenvalue weighted by molar-refractivity contribution is 7.89. The third-order valence-corrected chi connectivity index (χ3v) is 5.61. The van der Waals surface area contributed by atoms with Gasteiger partial charge in [-0.1, -0.05) is 17.7 Å². The molecule has 0 N–H and O–H groups in total. The van der Waals surface area contributed by atoms with Crippen molar-refractivity contribution in [3.05, 3.63) is 41.2 Å². The molecule has 0 amide bonds. The van der Waals surface area contributed by atoms with Gasteiger partial charge in [-0.15, -0.1) is 0 Å². The van der Waals surface area contributed by atoms with E-state index in [4.69, 9.17) is 11.6 Å². The topological polar surface area (TPSA) is 68.1 Å². The second-order valence-corrected chi connectivity index (χ2v) is 7.08. The number of sulfonamides is 1. The number of aryl methyl sites for hydroxylation is 1. The van der Waals surface area contributed by atoms with Gasteiger partial charge in [0.15, 0.2) is 0 Å². The summed E-state index contributed by atoms with van der Waals surface area (Å²) >= 11 is 5.99. The Hall–Kier alpha value is -1.44. The molecule has 1 saturated heterocycles. The maximum absolute atomic E-state index is 12.4. The molecular weight excluding hydrogens is 300 g/mol. The molecule has 20 heavy (non-hydrogen) atoms. The number of rotatable bonds is 3. The van der Waals surface area contributed by atoms with E-state index in [2.05, 4.69) is 10.2 Å². The van der Waals surface area contributed by atoms with Gasteiger partial charge in [-0.3, -0.25) is 0 Å². The lowest BCUT2D eigenvalue weighted by molar-refractivity contribution is 0.175. The zero-order valence-electron chi connectivity index (χ0n) is 10.8. The van der Waals surface area contributed by atoms with Gasteiger partial charge in [0.2, 0.25) is 10.0 Å². The lowest BCUT2D eigenvalue weighted by Gasteiger charge is -2.37. The molecule has 1 aliphatic heterocycles. The van der Waals surface area contributed by atoms with E-state index in [1.165, 1.54) is 15.2 Å². The first-order valence-corrected chi connectivity index (χ1v) is 7.92. The first-order valence-electron chi connectivity index (χ1n) is 6.10. The molecule has 0 atom stereocenters. The fourth-order valence-electron chi connectivity index (χ4n) is 2.06. The van der Waals surface area contributed by atoms with Crippen LogP contribution in [0, 0.1) is 6.92 Å². The third-order valence-electron chi connectivity index (χ3n) is 3.37. The lowest BCUT2D eigenvalue weighted by Crippen LogP contribution is -2.51. The molecule has 2 heterocycles. The van der Waals surface area contributed by atoms with Crippen molar-refractivity contribution in [1.29, 1.82) is 0 Å². The van der Waals surface area contributed by atoms with Crippen LogP contribution in [0.2, 0.25) is 5.02 Å².